The zero-order valence-corrected chi connectivity index (χ0v) is 11.9. The maximum atomic E-state index is 11.0. The number of aryl methyl sites for hydroxylation is 1. The molecule has 0 radical (unpaired) electrons. The van der Waals surface area contributed by atoms with Crippen LogP contribution >= 0.6 is 11.6 Å². The van der Waals surface area contributed by atoms with E-state index in [2.05, 4.69) is 5.32 Å². The third kappa shape index (κ3) is 3.48. The second-order valence-electron chi connectivity index (χ2n) is 4.43. The van der Waals surface area contributed by atoms with Gasteiger partial charge in [0.1, 0.15) is 0 Å². The Morgan fingerprint density at radius 2 is 1.90 bits per heavy atom. The van der Waals surface area contributed by atoms with Gasteiger partial charge in [-0.3, -0.25) is 10.1 Å². The Bertz CT molecular complexity index is 612. The Kier molecular flexibility index (Phi) is 4.58. The summed E-state index contributed by atoms with van der Waals surface area (Å²) in [5.74, 6) is 0. The summed E-state index contributed by atoms with van der Waals surface area (Å²) in [7, 11) is 0. The van der Waals surface area contributed by atoms with Crippen LogP contribution in [0, 0.1) is 10.1 Å². The molecule has 0 atom stereocenters. The summed E-state index contributed by atoms with van der Waals surface area (Å²) >= 11 is 5.82. The van der Waals surface area contributed by atoms with E-state index < -0.39 is 0 Å². The van der Waals surface area contributed by atoms with E-state index in [4.69, 9.17) is 11.6 Å². The largest absolute Gasteiger partial charge is 0.381 e. The summed E-state index contributed by atoms with van der Waals surface area (Å²) in [6.07, 6.45) is 0.647. The smallest absolute Gasteiger partial charge is 0.274 e. The van der Waals surface area contributed by atoms with Gasteiger partial charge in [0.05, 0.1) is 4.92 Å². The minimum absolute atomic E-state index is 0.161. The van der Waals surface area contributed by atoms with Crippen molar-refractivity contribution in [2.75, 3.05) is 5.32 Å². The van der Waals surface area contributed by atoms with Crippen LogP contribution in [0.4, 0.5) is 11.4 Å². The topological polar surface area (TPSA) is 55.2 Å². The average molecular weight is 291 g/mol. The Morgan fingerprint density at radius 1 is 1.20 bits per heavy atom. The highest BCUT2D eigenvalue weighted by molar-refractivity contribution is 6.30. The van der Waals surface area contributed by atoms with Crippen molar-refractivity contribution in [3.05, 3.63) is 68.7 Å². The Balaban J connectivity index is 2.11. The molecule has 0 saturated heterocycles. The van der Waals surface area contributed by atoms with E-state index in [1.807, 2.05) is 37.3 Å². The number of halogens is 1. The van der Waals surface area contributed by atoms with Crippen LogP contribution in [0.15, 0.2) is 42.5 Å². The molecule has 0 amide bonds. The molecule has 0 heterocycles. The average Bonchev–Trinajstić information content (AvgIpc) is 2.46. The molecular weight excluding hydrogens is 276 g/mol. The van der Waals surface area contributed by atoms with Crippen LogP contribution in [-0.2, 0) is 13.0 Å². The van der Waals surface area contributed by atoms with Crippen molar-refractivity contribution in [3.8, 4) is 0 Å². The zero-order valence-electron chi connectivity index (χ0n) is 11.1. The van der Waals surface area contributed by atoms with Gasteiger partial charge in [-0.25, -0.2) is 0 Å². The first-order chi connectivity index (χ1) is 9.60. The maximum absolute atomic E-state index is 11.0. The Hall–Kier alpha value is -2.07. The number of rotatable bonds is 5. The van der Waals surface area contributed by atoms with Crippen molar-refractivity contribution in [2.45, 2.75) is 19.9 Å². The summed E-state index contributed by atoms with van der Waals surface area (Å²) in [6, 6.07) is 12.7. The third-order valence-electron chi connectivity index (χ3n) is 3.07. The van der Waals surface area contributed by atoms with Crippen LogP contribution in [0.3, 0.4) is 0 Å². The van der Waals surface area contributed by atoms with Crippen molar-refractivity contribution in [1.29, 1.82) is 0 Å². The fourth-order valence-electron chi connectivity index (χ4n) is 1.95. The number of nitrogens with zero attached hydrogens (tertiary/aromatic N) is 1. The normalized spacial score (nSPS) is 10.3. The monoisotopic (exact) mass is 290 g/mol. The van der Waals surface area contributed by atoms with Gasteiger partial charge in [0, 0.05) is 28.9 Å². The summed E-state index contributed by atoms with van der Waals surface area (Å²) in [5.41, 5.74) is 2.71. The van der Waals surface area contributed by atoms with Gasteiger partial charge in [0.15, 0.2) is 0 Å². The third-order valence-corrected chi connectivity index (χ3v) is 3.32. The molecule has 0 aromatic heterocycles. The molecule has 0 aliphatic rings. The SMILES string of the molecule is CCc1ccc(NCc2ccc(Cl)cc2)cc1[N+](=O)[O-]. The van der Waals surface area contributed by atoms with Gasteiger partial charge in [-0.15, -0.1) is 0 Å². The standard InChI is InChI=1S/C15H15ClN2O2/c1-2-12-5-8-14(9-15(12)18(19)20)17-10-11-3-6-13(16)7-4-11/h3-9,17H,2,10H2,1H3. The first kappa shape index (κ1) is 14.3. The van der Waals surface area contributed by atoms with E-state index in [9.17, 15) is 10.1 Å². The molecule has 0 unspecified atom stereocenters. The van der Waals surface area contributed by atoms with E-state index >= 15 is 0 Å². The summed E-state index contributed by atoms with van der Waals surface area (Å²) < 4.78 is 0. The maximum Gasteiger partial charge on any atom is 0.274 e. The van der Waals surface area contributed by atoms with E-state index in [-0.39, 0.29) is 10.6 Å². The van der Waals surface area contributed by atoms with Gasteiger partial charge in [0.2, 0.25) is 0 Å². The Labute approximate surface area is 122 Å². The van der Waals surface area contributed by atoms with Gasteiger partial charge in [0.25, 0.3) is 5.69 Å². The molecule has 2 rings (SSSR count). The van der Waals surface area contributed by atoms with Crippen molar-refractivity contribution < 1.29 is 4.92 Å². The minimum Gasteiger partial charge on any atom is -0.381 e. The van der Waals surface area contributed by atoms with Crippen molar-refractivity contribution >= 4 is 23.0 Å². The number of benzene rings is 2. The van der Waals surface area contributed by atoms with Crippen molar-refractivity contribution in [2.24, 2.45) is 0 Å². The molecule has 2 aromatic carbocycles. The first-order valence-electron chi connectivity index (χ1n) is 6.35. The minimum atomic E-state index is -0.341. The first-order valence-corrected chi connectivity index (χ1v) is 6.73. The predicted octanol–water partition coefficient (Wildman–Crippen LogP) is 4.42. The fourth-order valence-corrected chi connectivity index (χ4v) is 2.08. The van der Waals surface area contributed by atoms with Gasteiger partial charge in [-0.05, 0) is 30.2 Å². The molecule has 0 saturated carbocycles. The Morgan fingerprint density at radius 3 is 2.50 bits per heavy atom. The van der Waals surface area contributed by atoms with Gasteiger partial charge in [-0.1, -0.05) is 36.7 Å². The lowest BCUT2D eigenvalue weighted by molar-refractivity contribution is -0.385. The highest BCUT2D eigenvalue weighted by atomic mass is 35.5. The highest BCUT2D eigenvalue weighted by Gasteiger charge is 2.12. The van der Waals surface area contributed by atoms with E-state index in [0.717, 1.165) is 16.8 Å². The van der Waals surface area contributed by atoms with Crippen LogP contribution in [0.1, 0.15) is 18.1 Å². The molecule has 4 nitrogen and oxygen atoms in total. The molecule has 20 heavy (non-hydrogen) atoms. The van der Waals surface area contributed by atoms with Crippen LogP contribution in [0.25, 0.3) is 0 Å². The van der Waals surface area contributed by atoms with Crippen molar-refractivity contribution in [1.82, 2.24) is 0 Å². The lowest BCUT2D eigenvalue weighted by Gasteiger charge is -2.08. The van der Waals surface area contributed by atoms with Gasteiger partial charge >= 0.3 is 0 Å². The zero-order chi connectivity index (χ0) is 14.5. The number of nitro benzene ring substituents is 1. The fraction of sp³-hybridized carbons (Fsp3) is 0.200. The van der Waals surface area contributed by atoms with Gasteiger partial charge in [-0.2, -0.15) is 0 Å². The second-order valence-corrected chi connectivity index (χ2v) is 4.87. The molecule has 104 valence electrons. The number of nitrogens with one attached hydrogen (secondary N) is 1. The van der Waals surface area contributed by atoms with E-state index in [1.165, 1.54) is 0 Å². The summed E-state index contributed by atoms with van der Waals surface area (Å²) in [4.78, 5) is 10.7. The molecule has 0 bridgehead atoms. The highest BCUT2D eigenvalue weighted by Crippen LogP contribution is 2.24. The molecule has 2 aromatic rings. The van der Waals surface area contributed by atoms with Crippen LogP contribution in [0.2, 0.25) is 5.02 Å². The molecule has 5 heteroatoms. The molecule has 1 N–H and O–H groups in total. The van der Waals surface area contributed by atoms with Crippen LogP contribution in [0.5, 0.6) is 0 Å². The number of hydrogen-bond donors (Lipinski definition) is 1. The van der Waals surface area contributed by atoms with Gasteiger partial charge < -0.3 is 5.32 Å². The second kappa shape index (κ2) is 6.39. The lowest BCUT2D eigenvalue weighted by atomic mass is 10.1. The van der Waals surface area contributed by atoms with Crippen molar-refractivity contribution in [3.63, 3.8) is 0 Å². The quantitative estimate of drug-likeness (QED) is 0.655. The molecule has 0 aliphatic heterocycles. The van der Waals surface area contributed by atoms with E-state index in [0.29, 0.717) is 18.0 Å². The molecule has 0 aliphatic carbocycles. The molecular formula is C15H15ClN2O2. The summed E-state index contributed by atoms with van der Waals surface area (Å²) in [6.45, 7) is 2.50. The number of anilines is 1. The number of hydrogen-bond acceptors (Lipinski definition) is 3. The van der Waals surface area contributed by atoms with Crippen LogP contribution in [-0.4, -0.2) is 4.92 Å². The molecule has 0 fully saturated rings. The van der Waals surface area contributed by atoms with Crippen LogP contribution < -0.4 is 5.32 Å². The predicted molar refractivity (Wildman–Crippen MR) is 81.3 cm³/mol. The lowest BCUT2D eigenvalue weighted by Crippen LogP contribution is -2.01. The molecule has 0 spiro atoms. The summed E-state index contributed by atoms with van der Waals surface area (Å²) in [5, 5.41) is 14.9. The number of nitro groups is 1. The van der Waals surface area contributed by atoms with E-state index in [1.54, 1.807) is 12.1 Å².